The molecule has 132 valence electrons. The first-order chi connectivity index (χ1) is 12.7. The molecule has 2 heterocycles. The van der Waals surface area contributed by atoms with Gasteiger partial charge in [-0.05, 0) is 24.1 Å². The van der Waals surface area contributed by atoms with E-state index in [9.17, 15) is 0 Å². The number of aromatic nitrogens is 2. The lowest BCUT2D eigenvalue weighted by atomic mass is 9.97. The predicted molar refractivity (Wildman–Crippen MR) is 102 cm³/mol. The molecule has 0 saturated carbocycles. The number of benzene rings is 2. The van der Waals surface area contributed by atoms with E-state index in [1.165, 1.54) is 5.56 Å². The molecule has 1 N–H and O–H groups in total. The molecule has 26 heavy (non-hydrogen) atoms. The molecule has 0 saturated heterocycles. The maximum absolute atomic E-state index is 6.13. The van der Waals surface area contributed by atoms with Crippen LogP contribution in [0.2, 0.25) is 10.0 Å². The van der Waals surface area contributed by atoms with Crippen LogP contribution in [0.1, 0.15) is 17.3 Å². The second-order valence-corrected chi connectivity index (χ2v) is 6.82. The van der Waals surface area contributed by atoms with Crippen LogP contribution in [-0.4, -0.2) is 16.8 Å². The second-order valence-electron chi connectivity index (χ2n) is 6.00. The van der Waals surface area contributed by atoms with Crippen molar-refractivity contribution in [3.8, 4) is 11.3 Å². The van der Waals surface area contributed by atoms with E-state index in [4.69, 9.17) is 32.7 Å². The van der Waals surface area contributed by atoms with Crippen molar-refractivity contribution in [1.29, 1.82) is 0 Å². The largest absolute Gasteiger partial charge is 0.462 e. The highest BCUT2D eigenvalue weighted by Crippen LogP contribution is 2.32. The maximum atomic E-state index is 6.13. The third-order valence-corrected chi connectivity index (χ3v) is 5.01. The summed E-state index contributed by atoms with van der Waals surface area (Å²) < 4.78 is 10.9. The third-order valence-electron chi connectivity index (χ3n) is 4.28. The Hall–Kier alpha value is -2.43. The van der Waals surface area contributed by atoms with E-state index in [2.05, 4.69) is 22.1 Å². The summed E-state index contributed by atoms with van der Waals surface area (Å²) >= 11 is 12.1. The van der Waals surface area contributed by atoms with Crippen LogP contribution in [0.4, 0.5) is 0 Å². The van der Waals surface area contributed by atoms with Crippen LogP contribution in [-0.2, 0) is 15.9 Å². The van der Waals surface area contributed by atoms with Gasteiger partial charge in [0.15, 0.2) is 0 Å². The molecular formula is C20H16Cl2N2O2. The number of aromatic amines is 1. The molecule has 6 heteroatoms. The monoisotopic (exact) mass is 386 g/mol. The van der Waals surface area contributed by atoms with E-state index < -0.39 is 0 Å². The number of ether oxygens (including phenoxy) is 2. The Labute approximate surface area is 161 Å². The Morgan fingerprint density at radius 1 is 1.08 bits per heavy atom. The predicted octanol–water partition coefficient (Wildman–Crippen LogP) is 5.56. The zero-order valence-electron chi connectivity index (χ0n) is 13.8. The van der Waals surface area contributed by atoms with Crippen molar-refractivity contribution in [2.75, 3.05) is 6.79 Å². The van der Waals surface area contributed by atoms with Crippen molar-refractivity contribution in [2.24, 2.45) is 0 Å². The molecule has 0 aliphatic carbocycles. The van der Waals surface area contributed by atoms with E-state index >= 15 is 0 Å². The minimum Gasteiger partial charge on any atom is -0.462 e. The maximum Gasteiger partial charge on any atom is 0.229 e. The number of imidazole rings is 1. The summed E-state index contributed by atoms with van der Waals surface area (Å²) in [6.07, 6.45) is 4.21. The van der Waals surface area contributed by atoms with Gasteiger partial charge >= 0.3 is 0 Å². The summed E-state index contributed by atoms with van der Waals surface area (Å²) in [5, 5.41) is 1.04. The van der Waals surface area contributed by atoms with Crippen LogP contribution in [0.3, 0.4) is 0 Å². The van der Waals surface area contributed by atoms with E-state index in [1.807, 2.05) is 30.3 Å². The van der Waals surface area contributed by atoms with Gasteiger partial charge in [-0.15, -0.1) is 0 Å². The molecular weight excluding hydrogens is 371 g/mol. The lowest BCUT2D eigenvalue weighted by Crippen LogP contribution is -2.09. The van der Waals surface area contributed by atoms with E-state index in [1.54, 1.807) is 18.5 Å². The van der Waals surface area contributed by atoms with Gasteiger partial charge in [0, 0.05) is 5.56 Å². The summed E-state index contributed by atoms with van der Waals surface area (Å²) in [6, 6.07) is 15.7. The van der Waals surface area contributed by atoms with Crippen molar-refractivity contribution in [1.82, 2.24) is 9.97 Å². The van der Waals surface area contributed by atoms with Gasteiger partial charge in [-0.25, -0.2) is 4.98 Å². The average Bonchev–Trinajstić information content (AvgIpc) is 3.35. The van der Waals surface area contributed by atoms with Crippen LogP contribution in [0, 0.1) is 0 Å². The molecule has 3 aromatic rings. The van der Waals surface area contributed by atoms with Gasteiger partial charge in [-0.3, -0.25) is 0 Å². The summed E-state index contributed by atoms with van der Waals surface area (Å²) in [5.41, 5.74) is 2.99. The zero-order chi connectivity index (χ0) is 17.9. The molecule has 1 aromatic heterocycles. The number of nitrogens with zero attached hydrogens (tertiary/aromatic N) is 1. The zero-order valence-corrected chi connectivity index (χ0v) is 15.3. The van der Waals surface area contributed by atoms with Gasteiger partial charge in [-0.1, -0.05) is 59.6 Å². The minimum absolute atomic E-state index is 0.0589. The molecule has 4 nitrogen and oxygen atoms in total. The fourth-order valence-electron chi connectivity index (χ4n) is 2.94. The smallest absolute Gasteiger partial charge is 0.229 e. The summed E-state index contributed by atoms with van der Waals surface area (Å²) in [6.45, 7) is 0.237. The van der Waals surface area contributed by atoms with Crippen molar-refractivity contribution >= 4 is 23.2 Å². The standard InChI is InChI=1S/C20H16Cl2N2O2/c21-16-7-6-14(9-17(16)22)18-10-23-20(24-18)15(19-11-25-12-26-19)8-13-4-2-1-3-5-13/h1-7,9-11,15H,8,12H2,(H,23,24). The van der Waals surface area contributed by atoms with Crippen LogP contribution in [0.15, 0.2) is 66.7 Å². The Balaban J connectivity index is 1.65. The molecule has 0 radical (unpaired) electrons. The Morgan fingerprint density at radius 3 is 2.65 bits per heavy atom. The number of hydrogen-bond acceptors (Lipinski definition) is 3. The molecule has 4 rings (SSSR count). The molecule has 0 spiro atoms. The van der Waals surface area contributed by atoms with Gasteiger partial charge in [-0.2, -0.15) is 0 Å². The normalized spacial score (nSPS) is 14.5. The van der Waals surface area contributed by atoms with Crippen LogP contribution >= 0.6 is 23.2 Å². The Kier molecular flexibility index (Phi) is 4.87. The number of hydrogen-bond donors (Lipinski definition) is 1. The van der Waals surface area contributed by atoms with Gasteiger partial charge in [0.1, 0.15) is 17.8 Å². The summed E-state index contributed by atoms with van der Waals surface area (Å²) in [4.78, 5) is 7.96. The quantitative estimate of drug-likeness (QED) is 0.624. The fourth-order valence-corrected chi connectivity index (χ4v) is 3.24. The van der Waals surface area contributed by atoms with Crippen LogP contribution < -0.4 is 0 Å². The van der Waals surface area contributed by atoms with E-state index in [-0.39, 0.29) is 12.7 Å². The van der Waals surface area contributed by atoms with Crippen LogP contribution in [0.25, 0.3) is 11.3 Å². The van der Waals surface area contributed by atoms with Gasteiger partial charge in [0.25, 0.3) is 0 Å². The number of rotatable bonds is 5. The number of allylic oxidation sites excluding steroid dienone is 1. The SMILES string of the molecule is Clc1ccc(-c2cnc(C(Cc3ccccc3)C3=COCO3)[nH]2)cc1Cl. The van der Waals surface area contributed by atoms with Gasteiger partial charge < -0.3 is 14.5 Å². The van der Waals surface area contributed by atoms with Crippen molar-refractivity contribution in [3.05, 3.63) is 88.2 Å². The Morgan fingerprint density at radius 2 is 1.92 bits per heavy atom. The highest BCUT2D eigenvalue weighted by molar-refractivity contribution is 6.42. The molecule has 0 bridgehead atoms. The average molecular weight is 387 g/mol. The van der Waals surface area contributed by atoms with Crippen molar-refractivity contribution in [2.45, 2.75) is 12.3 Å². The van der Waals surface area contributed by atoms with Gasteiger partial charge in [0.05, 0.1) is 27.9 Å². The first kappa shape index (κ1) is 17.0. The molecule has 1 aliphatic heterocycles. The highest BCUT2D eigenvalue weighted by atomic mass is 35.5. The Bertz CT molecular complexity index is 938. The van der Waals surface area contributed by atoms with Crippen molar-refractivity contribution in [3.63, 3.8) is 0 Å². The fraction of sp³-hybridized carbons (Fsp3) is 0.150. The first-order valence-corrected chi connectivity index (χ1v) is 8.95. The van der Waals surface area contributed by atoms with Gasteiger partial charge in [0.2, 0.25) is 6.79 Å². The lowest BCUT2D eigenvalue weighted by molar-refractivity contribution is 0.0748. The molecule has 2 aromatic carbocycles. The number of halogens is 2. The van der Waals surface area contributed by atoms with E-state index in [0.29, 0.717) is 10.0 Å². The molecule has 0 fully saturated rings. The van der Waals surface area contributed by atoms with Crippen LogP contribution in [0.5, 0.6) is 0 Å². The number of nitrogens with one attached hydrogen (secondary N) is 1. The molecule has 0 amide bonds. The molecule has 1 aliphatic rings. The number of H-pyrrole nitrogens is 1. The molecule has 1 unspecified atom stereocenters. The summed E-state index contributed by atoms with van der Waals surface area (Å²) in [7, 11) is 0. The second kappa shape index (κ2) is 7.44. The lowest BCUT2D eigenvalue weighted by Gasteiger charge is -2.14. The molecule has 1 atom stereocenters. The topological polar surface area (TPSA) is 47.1 Å². The first-order valence-electron chi connectivity index (χ1n) is 8.19. The summed E-state index contributed by atoms with van der Waals surface area (Å²) in [5.74, 6) is 1.52. The highest BCUT2D eigenvalue weighted by Gasteiger charge is 2.25. The van der Waals surface area contributed by atoms with Crippen molar-refractivity contribution < 1.29 is 9.47 Å². The minimum atomic E-state index is -0.0589. The third kappa shape index (κ3) is 3.57. The van der Waals surface area contributed by atoms with E-state index in [0.717, 1.165) is 29.3 Å².